The van der Waals surface area contributed by atoms with Gasteiger partial charge in [0.15, 0.2) is 5.76 Å². The van der Waals surface area contributed by atoms with Crippen LogP contribution in [0.25, 0.3) is 0 Å². The van der Waals surface area contributed by atoms with Gasteiger partial charge in [-0.05, 0) is 62.0 Å². The van der Waals surface area contributed by atoms with Crippen LogP contribution in [0.4, 0.5) is 0 Å². The van der Waals surface area contributed by atoms with Crippen LogP contribution in [0, 0.1) is 17.8 Å². The van der Waals surface area contributed by atoms with Crippen LogP contribution in [-0.4, -0.2) is 35.8 Å². The van der Waals surface area contributed by atoms with Gasteiger partial charge < -0.3 is 14.6 Å². The van der Waals surface area contributed by atoms with Gasteiger partial charge in [-0.15, -0.1) is 0 Å². The lowest BCUT2D eigenvalue weighted by molar-refractivity contribution is -0.133. The van der Waals surface area contributed by atoms with Crippen LogP contribution in [0.2, 0.25) is 0 Å². The number of hydrogen-bond acceptors (Lipinski definition) is 3. The van der Waals surface area contributed by atoms with Crippen LogP contribution in [0.5, 0.6) is 0 Å². The zero-order chi connectivity index (χ0) is 15.1. The predicted octanol–water partition coefficient (Wildman–Crippen LogP) is 2.05. The van der Waals surface area contributed by atoms with E-state index in [1.807, 2.05) is 4.90 Å². The van der Waals surface area contributed by atoms with Gasteiger partial charge in [-0.25, -0.2) is 0 Å². The summed E-state index contributed by atoms with van der Waals surface area (Å²) in [5.41, 5.74) is 0. The van der Waals surface area contributed by atoms with E-state index in [-0.39, 0.29) is 24.1 Å². The van der Waals surface area contributed by atoms with E-state index in [1.165, 1.54) is 25.5 Å². The molecule has 2 unspecified atom stereocenters. The van der Waals surface area contributed by atoms with Crippen molar-refractivity contribution >= 4 is 11.8 Å². The van der Waals surface area contributed by atoms with E-state index in [1.54, 1.807) is 12.1 Å². The highest BCUT2D eigenvalue weighted by Gasteiger charge is 2.43. The van der Waals surface area contributed by atoms with Crippen LogP contribution in [0.15, 0.2) is 22.8 Å². The highest BCUT2D eigenvalue weighted by atomic mass is 16.3. The highest BCUT2D eigenvalue weighted by Crippen LogP contribution is 2.47. The standard InChI is InChI=1S/C17H22N2O3/c20-16(9-18-17(21)15-2-1-3-22-15)19-10-13-5-11-4-12(6-13)8-14(19)7-11/h1-3,11-14H,4-10H2,(H,18,21). The summed E-state index contributed by atoms with van der Waals surface area (Å²) in [7, 11) is 0. The Hall–Kier alpha value is -1.78. The molecule has 0 aromatic carbocycles. The van der Waals surface area contributed by atoms with Gasteiger partial charge in [0.05, 0.1) is 12.8 Å². The van der Waals surface area contributed by atoms with Crippen molar-refractivity contribution in [2.45, 2.75) is 38.1 Å². The summed E-state index contributed by atoms with van der Waals surface area (Å²) in [6.07, 6.45) is 7.71. The smallest absolute Gasteiger partial charge is 0.287 e. The zero-order valence-electron chi connectivity index (χ0n) is 12.7. The molecule has 1 aromatic heterocycles. The van der Waals surface area contributed by atoms with Crippen molar-refractivity contribution < 1.29 is 14.0 Å². The molecule has 0 spiro atoms. The molecular weight excluding hydrogens is 280 g/mol. The van der Waals surface area contributed by atoms with E-state index < -0.39 is 0 Å². The molecule has 0 radical (unpaired) electrons. The van der Waals surface area contributed by atoms with Crippen molar-refractivity contribution in [1.82, 2.24) is 10.2 Å². The number of fused-ring (bicyclic) bond motifs is 1. The summed E-state index contributed by atoms with van der Waals surface area (Å²) < 4.78 is 5.05. The van der Waals surface area contributed by atoms with Gasteiger partial charge in [0, 0.05) is 12.6 Å². The van der Waals surface area contributed by atoms with E-state index in [9.17, 15) is 9.59 Å². The third-order valence-electron chi connectivity index (χ3n) is 5.57. The zero-order valence-corrected chi connectivity index (χ0v) is 12.7. The number of carbonyl (C=O) groups is 2. The molecule has 3 heterocycles. The SMILES string of the molecule is O=C(NCC(=O)N1CC2CC3CC(C2)CC1C3)c1ccco1. The summed E-state index contributed by atoms with van der Waals surface area (Å²) >= 11 is 0. The van der Waals surface area contributed by atoms with E-state index in [2.05, 4.69) is 5.32 Å². The van der Waals surface area contributed by atoms with Crippen LogP contribution in [-0.2, 0) is 4.79 Å². The Morgan fingerprint density at radius 3 is 2.55 bits per heavy atom. The van der Waals surface area contributed by atoms with Gasteiger partial charge in [0.1, 0.15) is 0 Å². The van der Waals surface area contributed by atoms with Crippen molar-refractivity contribution in [3.63, 3.8) is 0 Å². The van der Waals surface area contributed by atoms with E-state index in [4.69, 9.17) is 4.42 Å². The molecule has 2 saturated heterocycles. The quantitative estimate of drug-likeness (QED) is 0.929. The minimum absolute atomic E-state index is 0.0538. The topological polar surface area (TPSA) is 62.6 Å². The Morgan fingerprint density at radius 2 is 1.86 bits per heavy atom. The predicted molar refractivity (Wildman–Crippen MR) is 80.1 cm³/mol. The van der Waals surface area contributed by atoms with Gasteiger partial charge in [0.25, 0.3) is 5.91 Å². The fourth-order valence-electron chi connectivity index (χ4n) is 4.84. The third kappa shape index (κ3) is 2.53. The molecule has 22 heavy (non-hydrogen) atoms. The van der Waals surface area contributed by atoms with E-state index >= 15 is 0 Å². The molecule has 2 aliphatic carbocycles. The van der Waals surface area contributed by atoms with Gasteiger partial charge >= 0.3 is 0 Å². The maximum absolute atomic E-state index is 12.6. The molecule has 2 amide bonds. The first-order chi connectivity index (χ1) is 10.7. The molecule has 118 valence electrons. The first-order valence-corrected chi connectivity index (χ1v) is 8.30. The number of nitrogens with zero attached hydrogens (tertiary/aromatic N) is 1. The Balaban J connectivity index is 1.39. The van der Waals surface area contributed by atoms with Crippen LogP contribution < -0.4 is 5.32 Å². The first-order valence-electron chi connectivity index (χ1n) is 8.30. The minimum atomic E-state index is -0.320. The molecule has 1 N–H and O–H groups in total. The molecule has 5 heteroatoms. The normalized spacial score (nSPS) is 32.8. The van der Waals surface area contributed by atoms with Crippen molar-refractivity contribution in [2.75, 3.05) is 13.1 Å². The highest BCUT2D eigenvalue weighted by molar-refractivity contribution is 5.94. The second-order valence-electron chi connectivity index (χ2n) is 7.14. The Kier molecular flexibility index (Phi) is 3.43. The minimum Gasteiger partial charge on any atom is -0.459 e. The molecule has 2 saturated carbocycles. The lowest BCUT2D eigenvalue weighted by Gasteiger charge is -2.39. The van der Waals surface area contributed by atoms with Crippen LogP contribution in [0.3, 0.4) is 0 Å². The molecule has 4 aliphatic rings. The molecule has 4 fully saturated rings. The van der Waals surface area contributed by atoms with Gasteiger partial charge in [-0.2, -0.15) is 0 Å². The molecule has 5 nitrogen and oxygen atoms in total. The summed E-state index contributed by atoms with van der Waals surface area (Å²) in [5.74, 6) is 2.29. The van der Waals surface area contributed by atoms with Crippen molar-refractivity contribution in [2.24, 2.45) is 17.8 Å². The molecule has 2 atom stereocenters. The van der Waals surface area contributed by atoms with E-state index in [0.29, 0.717) is 12.0 Å². The largest absolute Gasteiger partial charge is 0.459 e. The van der Waals surface area contributed by atoms with Gasteiger partial charge in [-0.3, -0.25) is 9.59 Å². The number of rotatable bonds is 3. The average Bonchev–Trinajstić information content (AvgIpc) is 2.96. The van der Waals surface area contributed by atoms with Crippen LogP contribution in [0.1, 0.15) is 42.7 Å². The summed E-state index contributed by atoms with van der Waals surface area (Å²) in [4.78, 5) is 26.5. The molecule has 4 bridgehead atoms. The molecular formula is C17H22N2O3. The third-order valence-corrected chi connectivity index (χ3v) is 5.57. The monoisotopic (exact) mass is 302 g/mol. The van der Waals surface area contributed by atoms with Crippen molar-refractivity contribution in [3.05, 3.63) is 24.2 Å². The van der Waals surface area contributed by atoms with E-state index in [0.717, 1.165) is 31.2 Å². The Bertz CT molecular complexity index is 554. The fourth-order valence-corrected chi connectivity index (χ4v) is 4.84. The number of nitrogens with one attached hydrogen (secondary N) is 1. The first kappa shape index (κ1) is 13.9. The lowest BCUT2D eigenvalue weighted by atomic mass is 9.68. The maximum atomic E-state index is 12.6. The Morgan fingerprint density at radius 1 is 1.14 bits per heavy atom. The number of carbonyl (C=O) groups excluding carboxylic acids is 2. The number of hydrogen-bond donors (Lipinski definition) is 1. The molecule has 5 rings (SSSR count). The summed E-state index contributed by atoms with van der Waals surface area (Å²) in [6.45, 7) is 0.950. The molecule has 1 aromatic rings. The van der Waals surface area contributed by atoms with Crippen molar-refractivity contribution in [1.29, 1.82) is 0 Å². The summed E-state index contributed by atoms with van der Waals surface area (Å²) in [5, 5.41) is 2.68. The second-order valence-corrected chi connectivity index (χ2v) is 7.14. The van der Waals surface area contributed by atoms with Crippen LogP contribution >= 0.6 is 0 Å². The number of furan rings is 1. The summed E-state index contributed by atoms with van der Waals surface area (Å²) in [6, 6.07) is 3.66. The lowest BCUT2D eigenvalue weighted by Crippen LogP contribution is -2.46. The average molecular weight is 302 g/mol. The van der Waals surface area contributed by atoms with Crippen molar-refractivity contribution in [3.8, 4) is 0 Å². The Labute approximate surface area is 130 Å². The number of amides is 2. The van der Waals surface area contributed by atoms with Gasteiger partial charge in [0.2, 0.25) is 5.91 Å². The van der Waals surface area contributed by atoms with Gasteiger partial charge in [-0.1, -0.05) is 0 Å². The fraction of sp³-hybridized carbons (Fsp3) is 0.647. The second kappa shape index (κ2) is 5.45. The molecule has 2 aliphatic heterocycles. The maximum Gasteiger partial charge on any atom is 0.287 e.